The van der Waals surface area contributed by atoms with Crippen LogP contribution in [0.15, 0.2) is 42.5 Å². The third-order valence-electron chi connectivity index (χ3n) is 5.20. The lowest BCUT2D eigenvalue weighted by Gasteiger charge is -2.34. The van der Waals surface area contributed by atoms with Gasteiger partial charge in [-0.05, 0) is 68.4 Å². The second-order valence-electron chi connectivity index (χ2n) is 7.37. The molecule has 2 N–H and O–H groups in total. The number of hydrogen-bond donors (Lipinski definition) is 2. The highest BCUT2D eigenvalue weighted by atomic mass is 16.2. The second-order valence-corrected chi connectivity index (χ2v) is 7.37. The van der Waals surface area contributed by atoms with Crippen molar-refractivity contribution in [3.63, 3.8) is 0 Å². The molecule has 3 rings (SSSR count). The van der Waals surface area contributed by atoms with Crippen LogP contribution in [0.2, 0.25) is 0 Å². The van der Waals surface area contributed by atoms with Gasteiger partial charge in [0.2, 0.25) is 5.91 Å². The molecule has 0 unspecified atom stereocenters. The number of amides is 2. The summed E-state index contributed by atoms with van der Waals surface area (Å²) in [6, 6.07) is 13.4. The Hall–Kier alpha value is -2.86. The minimum absolute atomic E-state index is 0.0635. The topological polar surface area (TPSA) is 64.7 Å². The number of piperazine rings is 1. The van der Waals surface area contributed by atoms with Crippen LogP contribution in [0.25, 0.3) is 0 Å². The van der Waals surface area contributed by atoms with E-state index in [9.17, 15) is 9.59 Å². The summed E-state index contributed by atoms with van der Waals surface area (Å²) in [7, 11) is 2.13. The second kappa shape index (κ2) is 8.89. The van der Waals surface area contributed by atoms with Gasteiger partial charge in [-0.1, -0.05) is 6.07 Å². The van der Waals surface area contributed by atoms with Crippen molar-refractivity contribution in [2.24, 2.45) is 0 Å². The third kappa shape index (κ3) is 5.10. The van der Waals surface area contributed by atoms with E-state index in [-0.39, 0.29) is 18.4 Å². The van der Waals surface area contributed by atoms with Gasteiger partial charge in [0.15, 0.2) is 0 Å². The van der Waals surface area contributed by atoms with Crippen molar-refractivity contribution in [3.05, 3.63) is 59.2 Å². The van der Waals surface area contributed by atoms with Gasteiger partial charge in [-0.25, -0.2) is 0 Å². The molecule has 6 heteroatoms. The SMILES string of the molecule is Cc1ccc(C(=O)NCC(=O)Nc2ccc(N3CCN(C)CC3)cc2)cc1C. The van der Waals surface area contributed by atoms with E-state index in [0.717, 1.165) is 48.7 Å². The maximum absolute atomic E-state index is 12.2. The number of aryl methyl sites for hydroxylation is 2. The zero-order chi connectivity index (χ0) is 20.1. The quantitative estimate of drug-likeness (QED) is 0.836. The van der Waals surface area contributed by atoms with Crippen LogP contribution < -0.4 is 15.5 Å². The summed E-state index contributed by atoms with van der Waals surface area (Å²) in [5.74, 6) is -0.492. The molecule has 1 heterocycles. The lowest BCUT2D eigenvalue weighted by molar-refractivity contribution is -0.115. The van der Waals surface area contributed by atoms with Gasteiger partial charge in [0.05, 0.1) is 6.54 Å². The van der Waals surface area contributed by atoms with Crippen molar-refractivity contribution >= 4 is 23.2 Å². The van der Waals surface area contributed by atoms with Crippen molar-refractivity contribution in [3.8, 4) is 0 Å². The number of nitrogens with zero attached hydrogens (tertiary/aromatic N) is 2. The Morgan fingerprint density at radius 1 is 0.929 bits per heavy atom. The molecular weight excluding hydrogens is 352 g/mol. The summed E-state index contributed by atoms with van der Waals surface area (Å²) < 4.78 is 0. The molecule has 28 heavy (non-hydrogen) atoms. The van der Waals surface area contributed by atoms with Gasteiger partial charge in [-0.3, -0.25) is 9.59 Å². The van der Waals surface area contributed by atoms with E-state index in [1.807, 2.05) is 50.2 Å². The highest BCUT2D eigenvalue weighted by molar-refractivity contribution is 5.99. The van der Waals surface area contributed by atoms with E-state index in [1.54, 1.807) is 6.07 Å². The van der Waals surface area contributed by atoms with Crippen molar-refractivity contribution in [1.29, 1.82) is 0 Å². The summed E-state index contributed by atoms with van der Waals surface area (Å²) in [5, 5.41) is 5.50. The van der Waals surface area contributed by atoms with Crippen LogP contribution in [0.1, 0.15) is 21.5 Å². The van der Waals surface area contributed by atoms with Crippen LogP contribution in [-0.2, 0) is 4.79 Å². The van der Waals surface area contributed by atoms with E-state index in [2.05, 4.69) is 27.5 Å². The molecule has 0 spiro atoms. The van der Waals surface area contributed by atoms with Gasteiger partial charge in [-0.15, -0.1) is 0 Å². The van der Waals surface area contributed by atoms with Gasteiger partial charge >= 0.3 is 0 Å². The summed E-state index contributed by atoms with van der Waals surface area (Å²) in [6.45, 7) is 8.02. The molecule has 0 radical (unpaired) electrons. The Morgan fingerprint density at radius 2 is 1.61 bits per heavy atom. The fraction of sp³-hybridized carbons (Fsp3) is 0.364. The van der Waals surface area contributed by atoms with Crippen LogP contribution in [0.3, 0.4) is 0 Å². The van der Waals surface area contributed by atoms with Gasteiger partial charge < -0.3 is 20.4 Å². The molecule has 6 nitrogen and oxygen atoms in total. The Balaban J connectivity index is 1.49. The molecule has 2 aromatic carbocycles. The van der Waals surface area contributed by atoms with Crippen LogP contribution in [0.4, 0.5) is 11.4 Å². The molecule has 1 saturated heterocycles. The maximum atomic E-state index is 12.2. The predicted octanol–water partition coefficient (Wildman–Crippen LogP) is 2.42. The molecule has 0 atom stereocenters. The van der Waals surface area contributed by atoms with Crippen molar-refractivity contribution < 1.29 is 9.59 Å². The molecular formula is C22H28N4O2. The molecule has 2 aromatic rings. The van der Waals surface area contributed by atoms with Crippen LogP contribution >= 0.6 is 0 Å². The molecule has 1 fully saturated rings. The average molecular weight is 380 g/mol. The number of rotatable bonds is 5. The summed E-state index contributed by atoms with van der Waals surface area (Å²) in [5.41, 5.74) is 4.64. The molecule has 1 aliphatic heterocycles. The van der Waals surface area contributed by atoms with Crippen LogP contribution in [0, 0.1) is 13.8 Å². The summed E-state index contributed by atoms with van der Waals surface area (Å²) in [6.07, 6.45) is 0. The Morgan fingerprint density at radius 3 is 2.25 bits per heavy atom. The molecule has 0 bridgehead atoms. The van der Waals surface area contributed by atoms with Crippen LogP contribution in [0.5, 0.6) is 0 Å². The van der Waals surface area contributed by atoms with Gasteiger partial charge in [-0.2, -0.15) is 0 Å². The Kier molecular flexibility index (Phi) is 6.31. The number of carbonyl (C=O) groups is 2. The lowest BCUT2D eigenvalue weighted by atomic mass is 10.1. The number of carbonyl (C=O) groups excluding carboxylic acids is 2. The molecule has 148 valence electrons. The standard InChI is InChI=1S/C22H28N4O2/c1-16-4-5-18(14-17(16)2)22(28)23-15-21(27)24-19-6-8-20(9-7-19)26-12-10-25(3)11-13-26/h4-9,14H,10-13,15H2,1-3H3,(H,23,28)(H,24,27). The lowest BCUT2D eigenvalue weighted by Crippen LogP contribution is -2.44. The number of nitrogens with one attached hydrogen (secondary N) is 2. The highest BCUT2D eigenvalue weighted by Gasteiger charge is 2.14. The fourth-order valence-corrected chi connectivity index (χ4v) is 3.17. The maximum Gasteiger partial charge on any atom is 0.251 e. The molecule has 0 aliphatic carbocycles. The van der Waals surface area contributed by atoms with Crippen molar-refractivity contribution in [2.45, 2.75) is 13.8 Å². The van der Waals surface area contributed by atoms with E-state index in [1.165, 1.54) is 0 Å². The Labute approximate surface area is 166 Å². The Bertz CT molecular complexity index is 840. The van der Waals surface area contributed by atoms with Crippen LogP contribution in [-0.4, -0.2) is 56.5 Å². The first-order valence-corrected chi connectivity index (χ1v) is 9.61. The highest BCUT2D eigenvalue weighted by Crippen LogP contribution is 2.19. The normalized spacial score (nSPS) is 14.6. The monoisotopic (exact) mass is 380 g/mol. The number of benzene rings is 2. The van der Waals surface area contributed by atoms with E-state index >= 15 is 0 Å². The molecule has 1 aliphatic rings. The minimum atomic E-state index is -0.247. The first-order chi connectivity index (χ1) is 13.4. The fourth-order valence-electron chi connectivity index (χ4n) is 3.17. The summed E-state index contributed by atoms with van der Waals surface area (Å²) in [4.78, 5) is 29.0. The zero-order valence-corrected chi connectivity index (χ0v) is 16.8. The largest absolute Gasteiger partial charge is 0.369 e. The molecule has 0 aromatic heterocycles. The third-order valence-corrected chi connectivity index (χ3v) is 5.20. The molecule has 0 saturated carbocycles. The van der Waals surface area contributed by atoms with Crippen molar-refractivity contribution in [1.82, 2.24) is 10.2 Å². The first kappa shape index (κ1) is 19.9. The van der Waals surface area contributed by atoms with E-state index < -0.39 is 0 Å². The van der Waals surface area contributed by atoms with Gasteiger partial charge in [0.1, 0.15) is 0 Å². The number of hydrogen-bond acceptors (Lipinski definition) is 4. The van der Waals surface area contributed by atoms with Gasteiger partial charge in [0.25, 0.3) is 5.91 Å². The average Bonchev–Trinajstić information content (AvgIpc) is 2.69. The zero-order valence-electron chi connectivity index (χ0n) is 16.8. The van der Waals surface area contributed by atoms with E-state index in [0.29, 0.717) is 5.56 Å². The summed E-state index contributed by atoms with van der Waals surface area (Å²) >= 11 is 0. The number of anilines is 2. The first-order valence-electron chi connectivity index (χ1n) is 9.61. The van der Waals surface area contributed by atoms with E-state index in [4.69, 9.17) is 0 Å². The smallest absolute Gasteiger partial charge is 0.251 e. The minimum Gasteiger partial charge on any atom is -0.369 e. The van der Waals surface area contributed by atoms with Gasteiger partial charge in [0, 0.05) is 43.1 Å². The predicted molar refractivity (Wildman–Crippen MR) is 113 cm³/mol. The molecule has 2 amide bonds. The van der Waals surface area contributed by atoms with Crippen molar-refractivity contribution in [2.75, 3.05) is 50.0 Å². The number of likely N-dealkylation sites (N-methyl/N-ethyl adjacent to an activating group) is 1.